The minimum Gasteiger partial charge on any atom is -0.504 e. The molecule has 1 saturated heterocycles. The molecular formula is C21H25NO7. The number of carbonyl (C=O) groups excluding carboxylic acids is 2. The second-order valence-corrected chi connectivity index (χ2v) is 6.85. The number of benzene rings is 1. The van der Waals surface area contributed by atoms with Gasteiger partial charge in [0.15, 0.2) is 11.5 Å². The zero-order chi connectivity index (χ0) is 21.0. The number of hydrogen-bond acceptors (Lipinski definition) is 8. The third kappa shape index (κ3) is 4.37. The fourth-order valence-electron chi connectivity index (χ4n) is 3.65. The zero-order valence-corrected chi connectivity index (χ0v) is 16.7. The average Bonchev–Trinajstić information content (AvgIpc) is 3.25. The van der Waals surface area contributed by atoms with Crippen molar-refractivity contribution in [3.63, 3.8) is 0 Å². The first-order valence-electron chi connectivity index (χ1n) is 9.32. The quantitative estimate of drug-likeness (QED) is 0.722. The summed E-state index contributed by atoms with van der Waals surface area (Å²) < 4.78 is 20.8. The summed E-state index contributed by atoms with van der Waals surface area (Å²) in [6, 6.07) is 4.67. The SMILES string of the molecule is COC(=O)C1=CN(CC2CCCO2)C=C(C(=O)OC)C1c1ccc(O)c(OC)c1. The Hall–Kier alpha value is -3.00. The summed E-state index contributed by atoms with van der Waals surface area (Å²) in [6.45, 7) is 1.21. The maximum absolute atomic E-state index is 12.6. The predicted molar refractivity (Wildman–Crippen MR) is 103 cm³/mol. The molecule has 156 valence electrons. The molecule has 1 aromatic carbocycles. The first kappa shape index (κ1) is 20.7. The molecule has 0 aliphatic carbocycles. The molecule has 0 radical (unpaired) electrons. The zero-order valence-electron chi connectivity index (χ0n) is 16.7. The van der Waals surface area contributed by atoms with Crippen molar-refractivity contribution in [1.29, 1.82) is 0 Å². The van der Waals surface area contributed by atoms with E-state index in [1.54, 1.807) is 29.4 Å². The van der Waals surface area contributed by atoms with Crippen molar-refractivity contribution in [2.24, 2.45) is 0 Å². The molecule has 2 aliphatic rings. The van der Waals surface area contributed by atoms with Crippen LogP contribution in [0.4, 0.5) is 0 Å². The van der Waals surface area contributed by atoms with Gasteiger partial charge in [-0.25, -0.2) is 9.59 Å². The molecular weight excluding hydrogens is 378 g/mol. The van der Waals surface area contributed by atoms with E-state index < -0.39 is 17.9 Å². The molecule has 3 rings (SSSR count). The molecule has 1 fully saturated rings. The average molecular weight is 403 g/mol. The van der Waals surface area contributed by atoms with Gasteiger partial charge in [-0.05, 0) is 30.5 Å². The molecule has 0 spiro atoms. The van der Waals surface area contributed by atoms with Gasteiger partial charge in [0.25, 0.3) is 0 Å². The summed E-state index contributed by atoms with van der Waals surface area (Å²) in [5.74, 6) is -1.66. The molecule has 8 nitrogen and oxygen atoms in total. The monoisotopic (exact) mass is 403 g/mol. The van der Waals surface area contributed by atoms with Crippen LogP contribution < -0.4 is 4.74 Å². The Kier molecular flexibility index (Phi) is 6.43. The van der Waals surface area contributed by atoms with Crippen molar-refractivity contribution in [2.45, 2.75) is 24.9 Å². The Morgan fingerprint density at radius 3 is 2.31 bits per heavy atom. The van der Waals surface area contributed by atoms with Gasteiger partial charge in [-0.2, -0.15) is 0 Å². The van der Waals surface area contributed by atoms with E-state index in [1.165, 1.54) is 27.4 Å². The first-order valence-corrected chi connectivity index (χ1v) is 9.32. The lowest BCUT2D eigenvalue weighted by molar-refractivity contribution is -0.137. The molecule has 8 heteroatoms. The number of methoxy groups -OCH3 is 3. The number of rotatable bonds is 6. The van der Waals surface area contributed by atoms with Gasteiger partial charge in [-0.3, -0.25) is 0 Å². The summed E-state index contributed by atoms with van der Waals surface area (Å²) in [5, 5.41) is 9.92. The van der Waals surface area contributed by atoms with Crippen LogP contribution in [0.1, 0.15) is 24.3 Å². The highest BCUT2D eigenvalue weighted by molar-refractivity contribution is 5.98. The van der Waals surface area contributed by atoms with E-state index in [0.29, 0.717) is 18.7 Å². The van der Waals surface area contributed by atoms with Crippen molar-refractivity contribution in [2.75, 3.05) is 34.5 Å². The van der Waals surface area contributed by atoms with Gasteiger partial charge in [0, 0.05) is 25.6 Å². The lowest BCUT2D eigenvalue weighted by Gasteiger charge is -2.31. The number of esters is 2. The van der Waals surface area contributed by atoms with Crippen molar-refractivity contribution >= 4 is 11.9 Å². The van der Waals surface area contributed by atoms with Crippen LogP contribution in [0.3, 0.4) is 0 Å². The lowest BCUT2D eigenvalue weighted by atomic mass is 9.83. The minimum absolute atomic E-state index is 0.0191. The van der Waals surface area contributed by atoms with E-state index in [1.807, 2.05) is 0 Å². The summed E-state index contributed by atoms with van der Waals surface area (Å²) in [7, 11) is 4.01. The van der Waals surface area contributed by atoms with E-state index in [9.17, 15) is 14.7 Å². The minimum atomic E-state index is -0.731. The van der Waals surface area contributed by atoms with E-state index in [-0.39, 0.29) is 28.7 Å². The molecule has 0 aromatic heterocycles. The molecule has 2 aliphatic heterocycles. The number of aromatic hydroxyl groups is 1. The Bertz CT molecular complexity index is 805. The summed E-state index contributed by atoms with van der Waals surface area (Å²) in [6.07, 6.45) is 5.26. The van der Waals surface area contributed by atoms with Crippen LogP contribution in [0.25, 0.3) is 0 Å². The Morgan fingerprint density at radius 1 is 1.14 bits per heavy atom. The van der Waals surface area contributed by atoms with Crippen molar-refractivity contribution < 1.29 is 33.6 Å². The van der Waals surface area contributed by atoms with E-state index >= 15 is 0 Å². The number of ether oxygens (including phenoxy) is 4. The van der Waals surface area contributed by atoms with Gasteiger partial charge in [0.2, 0.25) is 0 Å². The summed E-state index contributed by atoms with van der Waals surface area (Å²) in [5.41, 5.74) is 1.15. The Labute approximate surface area is 169 Å². The lowest BCUT2D eigenvalue weighted by Crippen LogP contribution is -2.32. The predicted octanol–water partition coefficient (Wildman–Crippen LogP) is 2.09. The molecule has 0 bridgehead atoms. The van der Waals surface area contributed by atoms with Gasteiger partial charge in [-0.1, -0.05) is 6.07 Å². The summed E-state index contributed by atoms with van der Waals surface area (Å²) in [4.78, 5) is 27.0. The van der Waals surface area contributed by atoms with Gasteiger partial charge in [-0.15, -0.1) is 0 Å². The number of hydrogen-bond donors (Lipinski definition) is 1. The second-order valence-electron chi connectivity index (χ2n) is 6.85. The van der Waals surface area contributed by atoms with Crippen molar-refractivity contribution in [3.05, 3.63) is 47.3 Å². The number of phenolic OH excluding ortho intramolecular Hbond substituents is 1. The van der Waals surface area contributed by atoms with Gasteiger partial charge < -0.3 is 29.0 Å². The third-order valence-electron chi connectivity index (χ3n) is 5.05. The molecule has 2 heterocycles. The first-order chi connectivity index (χ1) is 14.0. The topological polar surface area (TPSA) is 94.5 Å². The van der Waals surface area contributed by atoms with Crippen LogP contribution in [0.15, 0.2) is 41.7 Å². The molecule has 1 aromatic rings. The van der Waals surface area contributed by atoms with Crippen LogP contribution in [-0.4, -0.2) is 62.5 Å². The second kappa shape index (κ2) is 9.00. The van der Waals surface area contributed by atoms with Gasteiger partial charge in [0.05, 0.1) is 44.5 Å². The molecule has 29 heavy (non-hydrogen) atoms. The maximum Gasteiger partial charge on any atom is 0.336 e. The standard InChI is InChI=1S/C21H25NO7/c1-26-18-9-13(6-7-17(18)23)19-15(20(24)27-2)11-22(10-14-5-4-8-29-14)12-16(19)21(25)28-3/h6-7,9,11-12,14,19,23H,4-5,8,10H2,1-3H3. The number of nitrogens with zero attached hydrogens (tertiary/aromatic N) is 1. The highest BCUT2D eigenvalue weighted by Crippen LogP contribution is 2.40. The van der Waals surface area contributed by atoms with E-state index in [4.69, 9.17) is 18.9 Å². The molecule has 1 N–H and O–H groups in total. The number of phenols is 1. The van der Waals surface area contributed by atoms with E-state index in [0.717, 1.165) is 12.8 Å². The van der Waals surface area contributed by atoms with Crippen molar-refractivity contribution in [1.82, 2.24) is 4.90 Å². The van der Waals surface area contributed by atoms with E-state index in [2.05, 4.69) is 0 Å². The Balaban J connectivity index is 2.06. The third-order valence-corrected chi connectivity index (χ3v) is 5.05. The van der Waals surface area contributed by atoms with Gasteiger partial charge >= 0.3 is 11.9 Å². The van der Waals surface area contributed by atoms with Crippen LogP contribution in [0, 0.1) is 0 Å². The highest BCUT2D eigenvalue weighted by atomic mass is 16.5. The highest BCUT2D eigenvalue weighted by Gasteiger charge is 2.36. The van der Waals surface area contributed by atoms with Crippen molar-refractivity contribution in [3.8, 4) is 11.5 Å². The Morgan fingerprint density at radius 2 is 1.79 bits per heavy atom. The molecule has 0 amide bonds. The van der Waals surface area contributed by atoms with Crippen LogP contribution in [0.2, 0.25) is 0 Å². The van der Waals surface area contributed by atoms with Crippen LogP contribution in [0.5, 0.6) is 11.5 Å². The smallest absolute Gasteiger partial charge is 0.336 e. The van der Waals surface area contributed by atoms with Crippen LogP contribution >= 0.6 is 0 Å². The maximum atomic E-state index is 12.6. The largest absolute Gasteiger partial charge is 0.504 e. The molecule has 1 atom stereocenters. The molecule has 0 saturated carbocycles. The molecule has 1 unspecified atom stereocenters. The number of carbonyl (C=O) groups is 2. The summed E-state index contributed by atoms with van der Waals surface area (Å²) >= 11 is 0. The van der Waals surface area contributed by atoms with Crippen LogP contribution in [-0.2, 0) is 23.8 Å². The van der Waals surface area contributed by atoms with Gasteiger partial charge in [0.1, 0.15) is 0 Å². The normalized spacial score (nSPS) is 19.4. The fraction of sp³-hybridized carbons (Fsp3) is 0.429. The fourth-order valence-corrected chi connectivity index (χ4v) is 3.65.